The van der Waals surface area contributed by atoms with Gasteiger partial charge in [0.15, 0.2) is 0 Å². The molecule has 3 aromatic rings. The molecule has 0 saturated carbocycles. The molecule has 0 fully saturated rings. The van der Waals surface area contributed by atoms with E-state index in [9.17, 15) is 19.2 Å². The zero-order valence-electron chi connectivity index (χ0n) is 13.2. The third kappa shape index (κ3) is 1.75. The number of ether oxygens (including phenoxy) is 1. The predicted octanol–water partition coefficient (Wildman–Crippen LogP) is 2.95. The zero-order valence-corrected chi connectivity index (χ0v) is 13.2. The molecule has 5 rings (SSSR count). The standard InChI is InChI=1S/C20H9NO5/c22-17-12-5-1-2-6-13(12)18(23)21(17)11-8-10-4-3-7-14-16(10)15(9-11)20(25)26-19(14)24/h1-9H. The van der Waals surface area contributed by atoms with E-state index in [1.807, 2.05) is 0 Å². The number of imide groups is 1. The number of hydrogen-bond donors (Lipinski definition) is 0. The molecule has 0 N–H and O–H groups in total. The maximum atomic E-state index is 12.7. The molecular weight excluding hydrogens is 334 g/mol. The van der Waals surface area contributed by atoms with Crippen LogP contribution in [0.25, 0.3) is 10.8 Å². The lowest BCUT2D eigenvalue weighted by molar-refractivity contribution is 0.0390. The highest BCUT2D eigenvalue weighted by Crippen LogP contribution is 2.35. The van der Waals surface area contributed by atoms with Crippen molar-refractivity contribution in [3.63, 3.8) is 0 Å². The molecule has 0 spiro atoms. The molecule has 6 heteroatoms. The molecular formula is C20H9NO5. The number of nitrogens with zero attached hydrogens (tertiary/aromatic N) is 1. The highest BCUT2D eigenvalue weighted by Gasteiger charge is 2.37. The first-order valence-corrected chi connectivity index (χ1v) is 7.87. The SMILES string of the molecule is O=C1OC(=O)c2cc(N3C(=O)c4ccccc4C3=O)cc3cccc1c23. The quantitative estimate of drug-likeness (QED) is 0.385. The molecule has 2 aliphatic rings. The van der Waals surface area contributed by atoms with Gasteiger partial charge in [0.25, 0.3) is 11.8 Å². The van der Waals surface area contributed by atoms with Gasteiger partial charge in [0, 0.05) is 5.39 Å². The van der Waals surface area contributed by atoms with Gasteiger partial charge in [-0.3, -0.25) is 9.59 Å². The van der Waals surface area contributed by atoms with Crippen LogP contribution in [0.4, 0.5) is 5.69 Å². The van der Waals surface area contributed by atoms with E-state index in [0.717, 1.165) is 4.90 Å². The Morgan fingerprint density at radius 1 is 0.654 bits per heavy atom. The third-order valence-corrected chi connectivity index (χ3v) is 4.64. The molecule has 2 heterocycles. The van der Waals surface area contributed by atoms with Crippen molar-refractivity contribution in [1.82, 2.24) is 0 Å². The topological polar surface area (TPSA) is 80.8 Å². The third-order valence-electron chi connectivity index (χ3n) is 4.64. The van der Waals surface area contributed by atoms with E-state index >= 15 is 0 Å². The van der Waals surface area contributed by atoms with Gasteiger partial charge in [-0.05, 0) is 35.7 Å². The Bertz CT molecular complexity index is 1160. The molecule has 6 nitrogen and oxygen atoms in total. The summed E-state index contributed by atoms with van der Waals surface area (Å²) in [5.74, 6) is -2.40. The van der Waals surface area contributed by atoms with Gasteiger partial charge in [-0.15, -0.1) is 0 Å². The summed E-state index contributed by atoms with van der Waals surface area (Å²) in [6.45, 7) is 0. The maximum absolute atomic E-state index is 12.7. The number of hydrogen-bond acceptors (Lipinski definition) is 5. The number of carbonyl (C=O) groups is 4. The van der Waals surface area contributed by atoms with E-state index in [-0.39, 0.29) is 16.8 Å². The van der Waals surface area contributed by atoms with Crippen LogP contribution in [0, 0.1) is 0 Å². The predicted molar refractivity (Wildman–Crippen MR) is 91.3 cm³/mol. The Kier molecular flexibility index (Phi) is 2.72. The van der Waals surface area contributed by atoms with Gasteiger partial charge < -0.3 is 4.74 Å². The van der Waals surface area contributed by atoms with Gasteiger partial charge in [-0.1, -0.05) is 24.3 Å². The molecule has 0 bridgehead atoms. The van der Waals surface area contributed by atoms with E-state index in [4.69, 9.17) is 4.74 Å². The van der Waals surface area contributed by atoms with Crippen molar-refractivity contribution in [2.75, 3.05) is 4.90 Å². The summed E-state index contributed by atoms with van der Waals surface area (Å²) >= 11 is 0. The Morgan fingerprint density at radius 3 is 1.96 bits per heavy atom. The molecule has 0 aliphatic carbocycles. The first-order valence-electron chi connectivity index (χ1n) is 7.87. The molecule has 26 heavy (non-hydrogen) atoms. The normalized spacial score (nSPS) is 15.5. The summed E-state index contributed by atoms with van der Waals surface area (Å²) in [6.07, 6.45) is 0. The Hall–Kier alpha value is -3.80. The van der Waals surface area contributed by atoms with E-state index in [1.54, 1.807) is 48.5 Å². The molecule has 3 aromatic carbocycles. The van der Waals surface area contributed by atoms with Crippen molar-refractivity contribution in [2.24, 2.45) is 0 Å². The van der Waals surface area contributed by atoms with Crippen molar-refractivity contribution in [2.45, 2.75) is 0 Å². The van der Waals surface area contributed by atoms with Crippen LogP contribution in [-0.4, -0.2) is 23.8 Å². The second-order valence-corrected chi connectivity index (χ2v) is 6.07. The number of esters is 2. The number of amides is 2. The lowest BCUT2D eigenvalue weighted by Crippen LogP contribution is -2.30. The highest BCUT2D eigenvalue weighted by atomic mass is 16.6. The average Bonchev–Trinajstić information content (AvgIpc) is 2.90. The van der Waals surface area contributed by atoms with Crippen LogP contribution >= 0.6 is 0 Å². The molecule has 0 atom stereocenters. The van der Waals surface area contributed by atoms with Gasteiger partial charge in [-0.25, -0.2) is 14.5 Å². The van der Waals surface area contributed by atoms with Gasteiger partial charge in [0.1, 0.15) is 0 Å². The van der Waals surface area contributed by atoms with Crippen LogP contribution in [-0.2, 0) is 4.74 Å². The molecule has 2 amide bonds. The van der Waals surface area contributed by atoms with Crippen LogP contribution in [0.1, 0.15) is 41.4 Å². The van der Waals surface area contributed by atoms with Crippen LogP contribution in [0.15, 0.2) is 54.6 Å². The summed E-state index contributed by atoms with van der Waals surface area (Å²) in [7, 11) is 0. The van der Waals surface area contributed by atoms with Crippen molar-refractivity contribution >= 4 is 40.2 Å². The second-order valence-electron chi connectivity index (χ2n) is 6.07. The fraction of sp³-hybridized carbons (Fsp3) is 0. The molecule has 0 unspecified atom stereocenters. The fourth-order valence-corrected chi connectivity index (χ4v) is 3.49. The maximum Gasteiger partial charge on any atom is 0.346 e. The van der Waals surface area contributed by atoms with Crippen molar-refractivity contribution in [1.29, 1.82) is 0 Å². The summed E-state index contributed by atoms with van der Waals surface area (Å²) in [5.41, 5.74) is 1.34. The van der Waals surface area contributed by atoms with Crippen LogP contribution < -0.4 is 4.90 Å². The number of anilines is 1. The molecule has 2 aliphatic heterocycles. The minimum Gasteiger partial charge on any atom is -0.386 e. The largest absolute Gasteiger partial charge is 0.386 e. The Labute approximate surface area is 146 Å². The van der Waals surface area contributed by atoms with Crippen molar-refractivity contribution in [3.05, 3.63) is 76.9 Å². The van der Waals surface area contributed by atoms with Crippen LogP contribution in [0.5, 0.6) is 0 Å². The zero-order chi connectivity index (χ0) is 18.0. The monoisotopic (exact) mass is 343 g/mol. The lowest BCUT2D eigenvalue weighted by atomic mass is 9.96. The van der Waals surface area contributed by atoms with Crippen molar-refractivity contribution in [3.8, 4) is 0 Å². The molecule has 0 radical (unpaired) electrons. The minimum absolute atomic E-state index is 0.157. The van der Waals surface area contributed by atoms with Gasteiger partial charge in [-0.2, -0.15) is 0 Å². The van der Waals surface area contributed by atoms with Gasteiger partial charge in [0.2, 0.25) is 0 Å². The molecule has 0 aromatic heterocycles. The highest BCUT2D eigenvalue weighted by molar-refractivity contribution is 6.35. The first kappa shape index (κ1) is 14.5. The Balaban J connectivity index is 1.76. The minimum atomic E-state index is -0.794. The smallest absolute Gasteiger partial charge is 0.346 e. The van der Waals surface area contributed by atoms with Crippen LogP contribution in [0.2, 0.25) is 0 Å². The number of carbonyl (C=O) groups excluding carboxylic acids is 4. The second kappa shape index (κ2) is 4.86. The molecule has 124 valence electrons. The summed E-state index contributed by atoms with van der Waals surface area (Å²) in [6, 6.07) is 14.5. The average molecular weight is 343 g/mol. The van der Waals surface area contributed by atoms with Crippen LogP contribution in [0.3, 0.4) is 0 Å². The fourth-order valence-electron chi connectivity index (χ4n) is 3.49. The van der Waals surface area contributed by atoms with E-state index in [0.29, 0.717) is 21.9 Å². The summed E-state index contributed by atoms with van der Waals surface area (Å²) in [4.78, 5) is 50.5. The number of fused-ring (bicyclic) bond motifs is 1. The summed E-state index contributed by atoms with van der Waals surface area (Å²) in [5, 5.41) is 1.05. The van der Waals surface area contributed by atoms with Crippen molar-refractivity contribution < 1.29 is 23.9 Å². The number of benzene rings is 3. The van der Waals surface area contributed by atoms with E-state index < -0.39 is 23.8 Å². The number of rotatable bonds is 1. The number of cyclic esters (lactones) is 2. The lowest BCUT2D eigenvalue weighted by Gasteiger charge is -2.20. The Morgan fingerprint density at radius 2 is 1.27 bits per heavy atom. The van der Waals surface area contributed by atoms with Gasteiger partial charge in [0.05, 0.1) is 27.9 Å². The first-order chi connectivity index (χ1) is 12.6. The summed E-state index contributed by atoms with van der Waals surface area (Å²) < 4.78 is 4.77. The molecule has 0 saturated heterocycles. The van der Waals surface area contributed by atoms with E-state index in [2.05, 4.69) is 0 Å². The van der Waals surface area contributed by atoms with Gasteiger partial charge >= 0.3 is 11.9 Å². The van der Waals surface area contributed by atoms with E-state index in [1.165, 1.54) is 6.07 Å².